The third-order valence-electron chi connectivity index (χ3n) is 1.66. The van der Waals surface area contributed by atoms with Crippen LogP contribution in [0.2, 0.25) is 0 Å². The quantitative estimate of drug-likeness (QED) is 0.266. The van der Waals surface area contributed by atoms with Gasteiger partial charge in [0.2, 0.25) is 0 Å². The van der Waals surface area contributed by atoms with Gasteiger partial charge in [-0.2, -0.15) is 0 Å². The third-order valence-corrected chi connectivity index (χ3v) is 1.66. The van der Waals surface area contributed by atoms with Crippen LogP contribution in [0.4, 0.5) is 0 Å². The molecule has 16 heavy (non-hydrogen) atoms. The molecule has 0 radical (unpaired) electrons. The van der Waals surface area contributed by atoms with Crippen molar-refractivity contribution < 1.29 is 30.0 Å². The normalized spacial score (nSPS) is 14.0. The molecule has 0 saturated heterocycles. The summed E-state index contributed by atoms with van der Waals surface area (Å²) in [5, 5.41) is 39.4. The highest BCUT2D eigenvalue weighted by molar-refractivity contribution is 5.90. The molecular weight excluding hydrogens is 220 g/mol. The van der Waals surface area contributed by atoms with Crippen LogP contribution in [0.15, 0.2) is 0 Å². The van der Waals surface area contributed by atoms with Crippen molar-refractivity contribution >= 4 is 11.8 Å². The summed E-state index contributed by atoms with van der Waals surface area (Å²) in [6.07, 6.45) is -3.82. The molecule has 2 atom stereocenters. The Hall–Kier alpha value is -1.22. The van der Waals surface area contributed by atoms with E-state index in [0.717, 1.165) is 0 Å². The van der Waals surface area contributed by atoms with Gasteiger partial charge in [0.1, 0.15) is 0 Å². The first-order chi connectivity index (χ1) is 7.54. The van der Waals surface area contributed by atoms with Crippen LogP contribution in [0, 0.1) is 0 Å². The van der Waals surface area contributed by atoms with Crippen LogP contribution in [0.5, 0.6) is 0 Å². The Kier molecular flexibility index (Phi) is 7.38. The summed E-state index contributed by atoms with van der Waals surface area (Å²) in [5.74, 6) is -1.92. The minimum absolute atomic E-state index is 0.0825. The van der Waals surface area contributed by atoms with Crippen LogP contribution in [-0.4, -0.2) is 70.8 Å². The summed E-state index contributed by atoms with van der Waals surface area (Å²) in [6, 6.07) is 0. The molecule has 6 N–H and O–H groups in total. The second kappa shape index (κ2) is 7.99. The highest BCUT2D eigenvalue weighted by Crippen LogP contribution is 1.94. The zero-order valence-corrected chi connectivity index (χ0v) is 8.59. The standard InChI is InChI=1S/C8H16N2O6/c11-3-1-9-7(15)5(13)6(14)8(16)10-2-4-12/h5-6,11-14H,1-4H2,(H,9,15)(H,10,16)/t5-,6-/m1/s1. The minimum atomic E-state index is -1.91. The Morgan fingerprint density at radius 2 is 1.19 bits per heavy atom. The van der Waals surface area contributed by atoms with Crippen molar-refractivity contribution in [3.8, 4) is 0 Å². The van der Waals surface area contributed by atoms with Crippen LogP contribution < -0.4 is 10.6 Å². The largest absolute Gasteiger partial charge is 0.395 e. The molecule has 0 spiro atoms. The predicted octanol–water partition coefficient (Wildman–Crippen LogP) is -4.07. The second-order valence-electron chi connectivity index (χ2n) is 2.92. The van der Waals surface area contributed by atoms with Gasteiger partial charge in [-0.3, -0.25) is 9.59 Å². The molecule has 0 aliphatic rings. The number of aliphatic hydroxyl groups excluding tert-OH is 4. The van der Waals surface area contributed by atoms with Gasteiger partial charge in [-0.15, -0.1) is 0 Å². The molecule has 0 aromatic carbocycles. The molecule has 94 valence electrons. The summed E-state index contributed by atoms with van der Waals surface area (Å²) in [5.41, 5.74) is 0. The van der Waals surface area contributed by atoms with E-state index in [2.05, 4.69) is 10.6 Å². The van der Waals surface area contributed by atoms with Gasteiger partial charge < -0.3 is 31.1 Å². The van der Waals surface area contributed by atoms with E-state index >= 15 is 0 Å². The number of rotatable bonds is 7. The van der Waals surface area contributed by atoms with E-state index in [-0.39, 0.29) is 26.3 Å². The lowest BCUT2D eigenvalue weighted by Crippen LogP contribution is -2.50. The van der Waals surface area contributed by atoms with E-state index in [9.17, 15) is 19.8 Å². The van der Waals surface area contributed by atoms with Gasteiger partial charge in [-0.25, -0.2) is 0 Å². The van der Waals surface area contributed by atoms with Gasteiger partial charge in [0.15, 0.2) is 12.2 Å². The number of hydrogen-bond acceptors (Lipinski definition) is 6. The lowest BCUT2D eigenvalue weighted by molar-refractivity contribution is -0.146. The smallest absolute Gasteiger partial charge is 0.252 e. The first-order valence-electron chi connectivity index (χ1n) is 4.67. The monoisotopic (exact) mass is 236 g/mol. The van der Waals surface area contributed by atoms with Gasteiger partial charge in [-0.1, -0.05) is 0 Å². The first kappa shape index (κ1) is 14.8. The van der Waals surface area contributed by atoms with Gasteiger partial charge in [-0.05, 0) is 0 Å². The number of amides is 2. The van der Waals surface area contributed by atoms with Crippen molar-refractivity contribution in [2.45, 2.75) is 12.2 Å². The van der Waals surface area contributed by atoms with Crippen molar-refractivity contribution in [1.29, 1.82) is 0 Å². The molecule has 0 heterocycles. The van der Waals surface area contributed by atoms with Crippen LogP contribution in [0.25, 0.3) is 0 Å². The maximum Gasteiger partial charge on any atom is 0.252 e. The summed E-state index contributed by atoms with van der Waals surface area (Å²) < 4.78 is 0. The van der Waals surface area contributed by atoms with Crippen molar-refractivity contribution in [1.82, 2.24) is 10.6 Å². The van der Waals surface area contributed by atoms with E-state index in [1.807, 2.05) is 0 Å². The van der Waals surface area contributed by atoms with Gasteiger partial charge in [0.05, 0.1) is 13.2 Å². The molecule has 2 amide bonds. The van der Waals surface area contributed by atoms with Crippen molar-refractivity contribution in [3.05, 3.63) is 0 Å². The zero-order valence-electron chi connectivity index (χ0n) is 8.59. The maximum atomic E-state index is 11.1. The van der Waals surface area contributed by atoms with Gasteiger partial charge >= 0.3 is 0 Å². The molecular formula is C8H16N2O6. The molecule has 0 aliphatic heterocycles. The van der Waals surface area contributed by atoms with Crippen LogP contribution in [-0.2, 0) is 9.59 Å². The summed E-state index contributed by atoms with van der Waals surface area (Å²) in [6.45, 7) is -0.793. The highest BCUT2D eigenvalue weighted by atomic mass is 16.3. The highest BCUT2D eigenvalue weighted by Gasteiger charge is 2.29. The average Bonchev–Trinajstić information content (AvgIpc) is 2.30. The molecule has 8 nitrogen and oxygen atoms in total. The Morgan fingerprint density at radius 1 is 0.875 bits per heavy atom. The lowest BCUT2D eigenvalue weighted by atomic mass is 10.2. The van der Waals surface area contributed by atoms with Crippen LogP contribution in [0.1, 0.15) is 0 Å². The number of nitrogens with one attached hydrogen (secondary N) is 2. The van der Waals surface area contributed by atoms with E-state index < -0.39 is 24.0 Å². The number of carbonyl (C=O) groups is 2. The SMILES string of the molecule is O=C(NCCO)[C@H](O)[C@@H](O)C(=O)NCCO. The van der Waals surface area contributed by atoms with E-state index in [1.165, 1.54) is 0 Å². The molecule has 0 bridgehead atoms. The molecule has 0 aromatic rings. The van der Waals surface area contributed by atoms with Gasteiger partial charge in [0.25, 0.3) is 11.8 Å². The lowest BCUT2D eigenvalue weighted by Gasteiger charge is -2.16. The molecule has 0 unspecified atom stereocenters. The topological polar surface area (TPSA) is 139 Å². The maximum absolute atomic E-state index is 11.1. The number of hydrogen-bond donors (Lipinski definition) is 6. The van der Waals surface area contributed by atoms with E-state index in [4.69, 9.17) is 10.2 Å². The predicted molar refractivity (Wildman–Crippen MR) is 52.2 cm³/mol. The van der Waals surface area contributed by atoms with Crippen molar-refractivity contribution in [2.75, 3.05) is 26.3 Å². The molecule has 0 saturated carbocycles. The molecule has 0 rings (SSSR count). The fourth-order valence-electron chi connectivity index (χ4n) is 0.854. The molecule has 0 fully saturated rings. The Labute approximate surface area is 91.9 Å². The van der Waals surface area contributed by atoms with Crippen molar-refractivity contribution in [2.24, 2.45) is 0 Å². The Bertz CT molecular complexity index is 211. The zero-order chi connectivity index (χ0) is 12.6. The Balaban J connectivity index is 4.09. The molecule has 8 heteroatoms. The third kappa shape index (κ3) is 5.03. The number of aliphatic hydroxyl groups is 4. The van der Waals surface area contributed by atoms with Crippen LogP contribution in [0.3, 0.4) is 0 Å². The molecule has 0 aromatic heterocycles. The van der Waals surface area contributed by atoms with E-state index in [0.29, 0.717) is 0 Å². The van der Waals surface area contributed by atoms with Crippen molar-refractivity contribution in [3.63, 3.8) is 0 Å². The fraction of sp³-hybridized carbons (Fsp3) is 0.750. The Morgan fingerprint density at radius 3 is 1.44 bits per heavy atom. The summed E-state index contributed by atoms with van der Waals surface area (Å²) in [4.78, 5) is 22.1. The summed E-state index contributed by atoms with van der Waals surface area (Å²) >= 11 is 0. The number of carbonyl (C=O) groups excluding carboxylic acids is 2. The second-order valence-corrected chi connectivity index (χ2v) is 2.92. The minimum Gasteiger partial charge on any atom is -0.395 e. The fourth-order valence-corrected chi connectivity index (χ4v) is 0.854. The van der Waals surface area contributed by atoms with Gasteiger partial charge in [0, 0.05) is 13.1 Å². The van der Waals surface area contributed by atoms with E-state index in [1.54, 1.807) is 0 Å². The first-order valence-corrected chi connectivity index (χ1v) is 4.67. The summed E-state index contributed by atoms with van der Waals surface area (Å²) in [7, 11) is 0. The average molecular weight is 236 g/mol. The molecule has 0 aliphatic carbocycles. The van der Waals surface area contributed by atoms with Crippen LogP contribution >= 0.6 is 0 Å².